The fourth-order valence-corrected chi connectivity index (χ4v) is 15.5. The molecule has 0 saturated heterocycles. The average Bonchev–Trinajstić information content (AvgIpc) is 4.08. The SMILES string of the molecule is [2H]C([2H])([2H])c1cc2c3c(c1)N(c1ccc4c(c1)C(C)(C)CCC4(C)C)c1c(sc4ccc(C(C)(C)C)cc14)B3c1cc(C(C)(C)C)ccc1N2c1ccc2c(c1)C1(CC3CCC1C3)c1ccccc1-2. The Hall–Kier alpha value is -5.06. The molecule has 332 valence electrons. The lowest BCUT2D eigenvalue weighted by Crippen LogP contribution is -2.60. The second kappa shape index (κ2) is 13.3. The van der Waals surface area contributed by atoms with Gasteiger partial charge in [0.2, 0.25) is 0 Å². The highest BCUT2D eigenvalue weighted by atomic mass is 32.1. The molecule has 2 bridgehead atoms. The Balaban J connectivity index is 1.13. The second-order valence-corrected chi connectivity index (χ2v) is 25.7. The molecule has 2 saturated carbocycles. The minimum Gasteiger partial charge on any atom is -0.311 e. The summed E-state index contributed by atoms with van der Waals surface area (Å²) in [5.74, 6) is 1.39. The van der Waals surface area contributed by atoms with Crippen molar-refractivity contribution in [3.63, 3.8) is 0 Å². The number of anilines is 6. The van der Waals surface area contributed by atoms with E-state index in [1.54, 1.807) is 0 Å². The molecule has 3 atom stereocenters. The van der Waals surface area contributed by atoms with Crippen LogP contribution in [-0.4, -0.2) is 6.71 Å². The van der Waals surface area contributed by atoms with Gasteiger partial charge in [0, 0.05) is 52.8 Å². The second-order valence-electron chi connectivity index (χ2n) is 24.7. The first-order valence-corrected chi connectivity index (χ1v) is 25.8. The molecule has 4 aliphatic carbocycles. The predicted octanol–water partition coefficient (Wildman–Crippen LogP) is 15.3. The summed E-state index contributed by atoms with van der Waals surface area (Å²) in [6.07, 6.45) is 7.38. The molecular weight excluding hydrogens is 816 g/mol. The molecule has 0 radical (unpaired) electrons. The Bertz CT molecular complexity index is 3360. The van der Waals surface area contributed by atoms with E-state index < -0.39 is 6.85 Å². The van der Waals surface area contributed by atoms with Gasteiger partial charge in [-0.25, -0.2) is 0 Å². The fourth-order valence-electron chi connectivity index (χ4n) is 14.2. The molecule has 4 heteroatoms. The lowest BCUT2D eigenvalue weighted by Gasteiger charge is -2.45. The molecule has 6 aromatic carbocycles. The molecule has 3 unspecified atom stereocenters. The van der Waals surface area contributed by atoms with Gasteiger partial charge < -0.3 is 9.80 Å². The summed E-state index contributed by atoms with van der Waals surface area (Å²) in [5, 5.41) is 1.23. The number of hydrogen-bond acceptors (Lipinski definition) is 3. The Labute approximate surface area is 402 Å². The Morgan fingerprint density at radius 1 is 0.636 bits per heavy atom. The molecule has 2 aliphatic heterocycles. The molecule has 13 rings (SSSR count). The summed E-state index contributed by atoms with van der Waals surface area (Å²) in [7, 11) is 0. The number of aryl methyl sites for hydroxylation is 1. The monoisotopic (exact) mass is 884 g/mol. The third-order valence-electron chi connectivity index (χ3n) is 17.8. The van der Waals surface area contributed by atoms with Crippen LogP contribution < -0.4 is 25.5 Å². The van der Waals surface area contributed by atoms with Crippen molar-refractivity contribution in [2.45, 2.75) is 142 Å². The highest BCUT2D eigenvalue weighted by Crippen LogP contribution is 2.66. The van der Waals surface area contributed by atoms with Crippen LogP contribution in [0.4, 0.5) is 34.1 Å². The molecule has 1 spiro atoms. The number of thiophene rings is 1. The maximum absolute atomic E-state index is 9.21. The summed E-state index contributed by atoms with van der Waals surface area (Å²) in [6, 6.07) is 42.2. The molecule has 7 aromatic rings. The van der Waals surface area contributed by atoms with Crippen molar-refractivity contribution in [1.82, 2.24) is 0 Å². The Kier molecular flexibility index (Phi) is 7.68. The lowest BCUT2D eigenvalue weighted by molar-refractivity contribution is 0.327. The van der Waals surface area contributed by atoms with E-state index in [0.717, 1.165) is 47.2 Å². The van der Waals surface area contributed by atoms with E-state index in [4.69, 9.17) is 0 Å². The first-order chi connectivity index (χ1) is 32.5. The molecule has 3 heterocycles. The maximum atomic E-state index is 9.21. The van der Waals surface area contributed by atoms with Crippen LogP contribution in [0.15, 0.2) is 109 Å². The molecule has 66 heavy (non-hydrogen) atoms. The zero-order chi connectivity index (χ0) is 48.1. The number of fused-ring (bicyclic) bond motifs is 15. The third kappa shape index (κ3) is 5.54. The van der Waals surface area contributed by atoms with Crippen LogP contribution in [0.25, 0.3) is 21.2 Å². The summed E-state index contributed by atoms with van der Waals surface area (Å²) < 4.78 is 30.2. The third-order valence-corrected chi connectivity index (χ3v) is 19.0. The molecule has 0 amide bonds. The van der Waals surface area contributed by atoms with Crippen LogP contribution in [-0.2, 0) is 27.1 Å². The molecule has 6 aliphatic rings. The topological polar surface area (TPSA) is 6.48 Å². The van der Waals surface area contributed by atoms with Crippen molar-refractivity contribution < 1.29 is 4.11 Å². The van der Waals surface area contributed by atoms with Crippen LogP contribution >= 0.6 is 11.3 Å². The summed E-state index contributed by atoms with van der Waals surface area (Å²) >= 11 is 1.93. The molecule has 0 N–H and O–H groups in total. The highest BCUT2D eigenvalue weighted by Gasteiger charge is 2.57. The van der Waals surface area contributed by atoms with Gasteiger partial charge in [-0.3, -0.25) is 0 Å². The average molecular weight is 884 g/mol. The van der Waals surface area contributed by atoms with Crippen molar-refractivity contribution in [2.75, 3.05) is 9.80 Å². The largest absolute Gasteiger partial charge is 0.311 e. The van der Waals surface area contributed by atoms with E-state index in [1.807, 2.05) is 23.5 Å². The molecular formula is C62H65BN2S. The first-order valence-electron chi connectivity index (χ1n) is 26.4. The zero-order valence-electron chi connectivity index (χ0n) is 43.7. The van der Waals surface area contributed by atoms with E-state index in [0.29, 0.717) is 11.5 Å². The summed E-state index contributed by atoms with van der Waals surface area (Å²) in [5.41, 5.74) is 20.4. The minimum absolute atomic E-state index is 0.00549. The van der Waals surface area contributed by atoms with Crippen LogP contribution in [0, 0.1) is 18.7 Å². The predicted molar refractivity (Wildman–Crippen MR) is 285 cm³/mol. The quantitative estimate of drug-likeness (QED) is 0.160. The van der Waals surface area contributed by atoms with Gasteiger partial charge >= 0.3 is 0 Å². The van der Waals surface area contributed by atoms with Crippen molar-refractivity contribution in [1.29, 1.82) is 0 Å². The molecule has 1 aromatic heterocycles. The van der Waals surface area contributed by atoms with Crippen molar-refractivity contribution in [3.8, 4) is 11.1 Å². The Morgan fingerprint density at radius 3 is 2.03 bits per heavy atom. The fraction of sp³-hybridized carbons (Fsp3) is 0.387. The van der Waals surface area contributed by atoms with Gasteiger partial charge in [0.15, 0.2) is 0 Å². The molecule has 2 nitrogen and oxygen atoms in total. The normalized spacial score (nSPS) is 23.5. The van der Waals surface area contributed by atoms with Gasteiger partial charge in [0.25, 0.3) is 6.71 Å². The lowest BCUT2D eigenvalue weighted by atomic mass is 9.36. The van der Waals surface area contributed by atoms with E-state index in [2.05, 4.69) is 176 Å². The Morgan fingerprint density at radius 2 is 1.30 bits per heavy atom. The highest BCUT2D eigenvalue weighted by molar-refractivity contribution is 7.33. The van der Waals surface area contributed by atoms with Gasteiger partial charge in [-0.05, 0) is 188 Å². The van der Waals surface area contributed by atoms with Crippen LogP contribution in [0.5, 0.6) is 0 Å². The number of nitrogens with zero attached hydrogens (tertiary/aromatic N) is 2. The number of rotatable bonds is 2. The van der Waals surface area contributed by atoms with Crippen molar-refractivity contribution in [3.05, 3.63) is 148 Å². The molecule has 2 fully saturated rings. The van der Waals surface area contributed by atoms with Gasteiger partial charge in [0.1, 0.15) is 0 Å². The summed E-state index contributed by atoms with van der Waals surface area (Å²) in [4.78, 5) is 4.98. The van der Waals surface area contributed by atoms with Crippen molar-refractivity contribution in [2.24, 2.45) is 11.8 Å². The first kappa shape index (κ1) is 38.0. The van der Waals surface area contributed by atoms with E-state index in [1.165, 1.54) is 102 Å². The van der Waals surface area contributed by atoms with Crippen LogP contribution in [0.1, 0.15) is 151 Å². The minimum atomic E-state index is -2.35. The van der Waals surface area contributed by atoms with Crippen LogP contribution in [0.2, 0.25) is 0 Å². The maximum Gasteiger partial charge on any atom is 0.264 e. The standard InChI is InChI=1S/C62H65BN2S/c1-36-28-52-55-53(29-36)65(42-21-23-47-49(34-42)61(10,11)27-26-60(47,8)9)56-45-31-38(58(2,3)4)19-25-54(45)66-57(56)63(55)50-32-39(59(5,6)7)18-24-51(50)64(52)41-20-22-44-43-14-12-13-15-46(43)62(48(44)33-41)35-37-16-17-40(62)30-37/h12-15,18-25,28-29,31-34,37,40H,16-17,26-27,30,35H2,1-11H3/i1D3. The van der Waals surface area contributed by atoms with Gasteiger partial charge in [0.05, 0.1) is 5.69 Å². The zero-order valence-corrected chi connectivity index (χ0v) is 41.5. The van der Waals surface area contributed by atoms with E-state index >= 15 is 0 Å². The van der Waals surface area contributed by atoms with Gasteiger partial charge in [-0.1, -0.05) is 130 Å². The number of hydrogen-bond donors (Lipinski definition) is 0. The van der Waals surface area contributed by atoms with Gasteiger partial charge in [-0.15, -0.1) is 11.3 Å². The smallest absolute Gasteiger partial charge is 0.264 e. The van der Waals surface area contributed by atoms with E-state index in [-0.39, 0.29) is 33.8 Å². The summed E-state index contributed by atoms with van der Waals surface area (Å²) in [6.45, 7) is 21.0. The van der Waals surface area contributed by atoms with Gasteiger partial charge in [-0.2, -0.15) is 0 Å². The van der Waals surface area contributed by atoms with E-state index in [9.17, 15) is 4.11 Å². The van der Waals surface area contributed by atoms with Crippen LogP contribution in [0.3, 0.4) is 0 Å². The van der Waals surface area contributed by atoms with Crippen molar-refractivity contribution >= 4 is 78.0 Å². The number of benzene rings is 6.